The molecule has 0 fully saturated rings. The van der Waals surface area contributed by atoms with Gasteiger partial charge in [0.25, 0.3) is 5.91 Å². The Bertz CT molecular complexity index is 560. The molecule has 0 atom stereocenters. The third kappa shape index (κ3) is 2.48. The van der Waals surface area contributed by atoms with Crippen molar-refractivity contribution in [3.05, 3.63) is 22.5 Å². The molecule has 0 saturated heterocycles. The van der Waals surface area contributed by atoms with Crippen LogP contribution in [0, 0.1) is 6.92 Å². The van der Waals surface area contributed by atoms with Crippen LogP contribution in [0.3, 0.4) is 0 Å². The molecular weight excluding hydrogens is 252 g/mol. The summed E-state index contributed by atoms with van der Waals surface area (Å²) in [5.74, 6) is -0.225. The molecule has 2 aromatic heterocycles. The van der Waals surface area contributed by atoms with Gasteiger partial charge in [-0.1, -0.05) is 11.3 Å². The Kier molecular flexibility index (Phi) is 3.56. The first kappa shape index (κ1) is 12.5. The molecule has 0 aromatic carbocycles. The van der Waals surface area contributed by atoms with Crippen LogP contribution in [0.15, 0.2) is 6.20 Å². The molecule has 0 radical (unpaired) electrons. The standard InChI is InChI=1S/C10H14N6OS/c1-6-7(5-13-16(6)3)4-12-8(17)9-14-15-10(11-2)18-9/h5H,4H2,1-3H3,(H,11,15)(H,12,17). The van der Waals surface area contributed by atoms with Gasteiger partial charge in [0.1, 0.15) is 0 Å². The average molecular weight is 266 g/mol. The fourth-order valence-corrected chi connectivity index (χ4v) is 2.00. The molecule has 1 amide bonds. The van der Waals surface area contributed by atoms with Crippen molar-refractivity contribution in [2.75, 3.05) is 12.4 Å². The van der Waals surface area contributed by atoms with Crippen molar-refractivity contribution in [2.45, 2.75) is 13.5 Å². The number of hydrogen-bond acceptors (Lipinski definition) is 6. The molecule has 2 heterocycles. The highest BCUT2D eigenvalue weighted by atomic mass is 32.1. The van der Waals surface area contributed by atoms with E-state index in [1.54, 1.807) is 17.9 Å². The van der Waals surface area contributed by atoms with Gasteiger partial charge in [-0.25, -0.2) is 0 Å². The van der Waals surface area contributed by atoms with Gasteiger partial charge in [0.15, 0.2) is 0 Å². The Balaban J connectivity index is 1.98. The molecule has 0 aliphatic rings. The van der Waals surface area contributed by atoms with Crippen molar-refractivity contribution in [3.8, 4) is 0 Å². The number of hydrogen-bond donors (Lipinski definition) is 2. The Hall–Kier alpha value is -1.96. The molecule has 0 saturated carbocycles. The van der Waals surface area contributed by atoms with Crippen molar-refractivity contribution in [2.24, 2.45) is 7.05 Å². The lowest BCUT2D eigenvalue weighted by Gasteiger charge is -2.02. The van der Waals surface area contributed by atoms with Gasteiger partial charge in [0.05, 0.1) is 6.20 Å². The smallest absolute Gasteiger partial charge is 0.282 e. The van der Waals surface area contributed by atoms with Gasteiger partial charge in [-0.05, 0) is 6.92 Å². The highest BCUT2D eigenvalue weighted by Gasteiger charge is 2.13. The minimum absolute atomic E-state index is 0.225. The number of aromatic nitrogens is 4. The SMILES string of the molecule is CNc1nnc(C(=O)NCc2cnn(C)c2C)s1. The highest BCUT2D eigenvalue weighted by Crippen LogP contribution is 2.14. The predicted molar refractivity (Wildman–Crippen MR) is 68.6 cm³/mol. The van der Waals surface area contributed by atoms with Crippen molar-refractivity contribution >= 4 is 22.4 Å². The van der Waals surface area contributed by atoms with E-state index in [0.29, 0.717) is 16.7 Å². The number of carbonyl (C=O) groups is 1. The van der Waals surface area contributed by atoms with E-state index in [2.05, 4.69) is 25.9 Å². The molecule has 0 spiro atoms. The molecule has 0 bridgehead atoms. The minimum atomic E-state index is -0.225. The maximum Gasteiger partial charge on any atom is 0.282 e. The van der Waals surface area contributed by atoms with Crippen LogP contribution in [-0.4, -0.2) is 32.9 Å². The summed E-state index contributed by atoms with van der Waals surface area (Å²) in [4.78, 5) is 11.8. The Morgan fingerprint density at radius 1 is 1.50 bits per heavy atom. The molecular formula is C10H14N6OS. The van der Waals surface area contributed by atoms with E-state index in [-0.39, 0.29) is 5.91 Å². The normalized spacial score (nSPS) is 10.4. The fraction of sp³-hybridized carbons (Fsp3) is 0.400. The third-order valence-electron chi connectivity index (χ3n) is 2.61. The lowest BCUT2D eigenvalue weighted by molar-refractivity contribution is 0.0950. The van der Waals surface area contributed by atoms with Crippen LogP contribution < -0.4 is 10.6 Å². The van der Waals surface area contributed by atoms with Gasteiger partial charge >= 0.3 is 0 Å². The predicted octanol–water partition coefficient (Wildman–Crippen LogP) is 0.552. The number of aryl methyl sites for hydroxylation is 1. The molecule has 7 nitrogen and oxygen atoms in total. The van der Waals surface area contributed by atoms with Crippen molar-refractivity contribution in [1.82, 2.24) is 25.3 Å². The molecule has 96 valence electrons. The quantitative estimate of drug-likeness (QED) is 0.844. The summed E-state index contributed by atoms with van der Waals surface area (Å²) in [6, 6.07) is 0. The van der Waals surface area contributed by atoms with Crippen LogP contribution in [0.1, 0.15) is 21.1 Å². The Morgan fingerprint density at radius 2 is 2.28 bits per heavy atom. The minimum Gasteiger partial charge on any atom is -0.363 e. The molecule has 0 aliphatic carbocycles. The van der Waals surface area contributed by atoms with Gasteiger partial charge < -0.3 is 10.6 Å². The van der Waals surface area contributed by atoms with Crippen LogP contribution in [0.5, 0.6) is 0 Å². The second-order valence-electron chi connectivity index (χ2n) is 3.72. The topological polar surface area (TPSA) is 84.7 Å². The van der Waals surface area contributed by atoms with Crippen LogP contribution in [0.25, 0.3) is 0 Å². The average Bonchev–Trinajstić information content (AvgIpc) is 2.96. The Morgan fingerprint density at radius 3 is 2.83 bits per heavy atom. The molecule has 2 aromatic rings. The maximum atomic E-state index is 11.8. The molecule has 0 unspecified atom stereocenters. The fourth-order valence-electron chi connectivity index (χ4n) is 1.38. The second kappa shape index (κ2) is 5.13. The highest BCUT2D eigenvalue weighted by molar-refractivity contribution is 7.17. The van der Waals surface area contributed by atoms with Gasteiger partial charge in [0, 0.05) is 31.9 Å². The summed E-state index contributed by atoms with van der Waals surface area (Å²) in [5, 5.41) is 18.3. The maximum absolute atomic E-state index is 11.8. The third-order valence-corrected chi connectivity index (χ3v) is 3.55. The molecule has 0 aliphatic heterocycles. The van der Waals surface area contributed by atoms with Crippen molar-refractivity contribution in [1.29, 1.82) is 0 Å². The summed E-state index contributed by atoms with van der Waals surface area (Å²) in [5.41, 5.74) is 2.02. The summed E-state index contributed by atoms with van der Waals surface area (Å²) < 4.78 is 1.77. The van der Waals surface area contributed by atoms with E-state index in [4.69, 9.17) is 0 Å². The van der Waals surface area contributed by atoms with Crippen molar-refractivity contribution in [3.63, 3.8) is 0 Å². The lowest BCUT2D eigenvalue weighted by atomic mass is 10.2. The number of nitrogens with one attached hydrogen (secondary N) is 2. The van der Waals surface area contributed by atoms with Gasteiger partial charge in [-0.15, -0.1) is 10.2 Å². The zero-order valence-electron chi connectivity index (χ0n) is 10.4. The second-order valence-corrected chi connectivity index (χ2v) is 4.70. The van der Waals surface area contributed by atoms with E-state index in [1.165, 1.54) is 11.3 Å². The van der Waals surface area contributed by atoms with E-state index < -0.39 is 0 Å². The van der Waals surface area contributed by atoms with E-state index in [9.17, 15) is 4.79 Å². The lowest BCUT2D eigenvalue weighted by Crippen LogP contribution is -2.22. The Labute approximate surface area is 108 Å². The summed E-state index contributed by atoms with van der Waals surface area (Å²) in [6.45, 7) is 2.39. The number of amides is 1. The first-order chi connectivity index (χ1) is 8.61. The van der Waals surface area contributed by atoms with Crippen LogP contribution in [0.4, 0.5) is 5.13 Å². The number of carbonyl (C=O) groups excluding carboxylic acids is 1. The summed E-state index contributed by atoms with van der Waals surface area (Å²) in [6.07, 6.45) is 1.74. The molecule has 2 N–H and O–H groups in total. The van der Waals surface area contributed by atoms with Crippen LogP contribution in [0.2, 0.25) is 0 Å². The van der Waals surface area contributed by atoms with E-state index >= 15 is 0 Å². The number of nitrogens with zero attached hydrogens (tertiary/aromatic N) is 4. The first-order valence-electron chi connectivity index (χ1n) is 5.38. The summed E-state index contributed by atoms with van der Waals surface area (Å²) in [7, 11) is 3.60. The number of rotatable bonds is 4. The van der Waals surface area contributed by atoms with Crippen LogP contribution >= 0.6 is 11.3 Å². The van der Waals surface area contributed by atoms with Gasteiger partial charge in [-0.2, -0.15) is 5.10 Å². The van der Waals surface area contributed by atoms with Gasteiger partial charge in [0.2, 0.25) is 10.1 Å². The van der Waals surface area contributed by atoms with Gasteiger partial charge in [-0.3, -0.25) is 9.48 Å². The number of anilines is 1. The summed E-state index contributed by atoms with van der Waals surface area (Å²) >= 11 is 1.22. The molecule has 18 heavy (non-hydrogen) atoms. The van der Waals surface area contributed by atoms with E-state index in [1.807, 2.05) is 14.0 Å². The zero-order chi connectivity index (χ0) is 13.1. The van der Waals surface area contributed by atoms with Crippen LogP contribution in [-0.2, 0) is 13.6 Å². The first-order valence-corrected chi connectivity index (χ1v) is 6.20. The van der Waals surface area contributed by atoms with E-state index in [0.717, 1.165) is 11.3 Å². The molecule has 2 rings (SSSR count). The monoisotopic (exact) mass is 266 g/mol. The zero-order valence-corrected chi connectivity index (χ0v) is 11.2. The van der Waals surface area contributed by atoms with Crippen molar-refractivity contribution < 1.29 is 4.79 Å². The molecule has 8 heteroatoms. The largest absolute Gasteiger partial charge is 0.363 e.